The molecule has 2 amide bonds. The summed E-state index contributed by atoms with van der Waals surface area (Å²) in [4.78, 5) is 26.0. The third-order valence-electron chi connectivity index (χ3n) is 3.59. The Labute approximate surface area is 151 Å². The summed E-state index contributed by atoms with van der Waals surface area (Å²) in [5.41, 5.74) is 0.570. The van der Waals surface area contributed by atoms with Crippen LogP contribution in [0.5, 0.6) is 0 Å². The number of benzene rings is 1. The molecule has 1 aliphatic rings. The number of anilines is 2. The van der Waals surface area contributed by atoms with Crippen molar-refractivity contribution in [3.8, 4) is 0 Å². The molecule has 1 atom stereocenters. The van der Waals surface area contributed by atoms with Gasteiger partial charge in [0.25, 0.3) is 0 Å². The first-order valence-electron chi connectivity index (χ1n) is 7.51. The number of aromatic nitrogens is 2. The number of halogens is 1. The normalized spacial score (nSPS) is 17.1. The quantitative estimate of drug-likeness (QED) is 0.584. The minimum absolute atomic E-state index is 0.0370. The Morgan fingerprint density at radius 1 is 1.40 bits per heavy atom. The van der Waals surface area contributed by atoms with Gasteiger partial charge in [0, 0.05) is 24.4 Å². The number of thioether (sulfide) groups is 1. The molecule has 0 saturated carbocycles. The van der Waals surface area contributed by atoms with Gasteiger partial charge >= 0.3 is 0 Å². The molecular formula is C15H15FN4O3S2. The Morgan fingerprint density at radius 3 is 2.88 bits per heavy atom. The van der Waals surface area contributed by atoms with Crippen LogP contribution in [0.3, 0.4) is 0 Å². The molecular weight excluding hydrogens is 367 g/mol. The van der Waals surface area contributed by atoms with Crippen LogP contribution in [0.2, 0.25) is 0 Å². The van der Waals surface area contributed by atoms with E-state index in [1.807, 2.05) is 0 Å². The van der Waals surface area contributed by atoms with E-state index in [1.54, 1.807) is 0 Å². The molecule has 0 aliphatic carbocycles. The van der Waals surface area contributed by atoms with Crippen molar-refractivity contribution in [2.24, 2.45) is 5.92 Å². The second-order valence-electron chi connectivity index (χ2n) is 5.32. The standard InChI is InChI=1S/C15H15FN4O3S2/c16-10-1-3-11(4-2-10)20-8-9(7-12(20)22)13(23)17-14-18-19-15(25-14)24-6-5-21/h1-4,9,21H,5-8H2,(H,17,18,23)/t9-/m1/s1. The average molecular weight is 382 g/mol. The van der Waals surface area contributed by atoms with Crippen LogP contribution >= 0.6 is 23.1 Å². The summed E-state index contributed by atoms with van der Waals surface area (Å²) in [6, 6.07) is 5.59. The van der Waals surface area contributed by atoms with Crippen LogP contribution in [0.4, 0.5) is 15.2 Å². The number of hydrogen-bond acceptors (Lipinski definition) is 7. The summed E-state index contributed by atoms with van der Waals surface area (Å²) in [6.45, 7) is 0.274. The maximum absolute atomic E-state index is 13.0. The number of amides is 2. The summed E-state index contributed by atoms with van der Waals surface area (Å²) in [6.07, 6.45) is 0.0914. The van der Waals surface area contributed by atoms with E-state index in [0.717, 1.165) is 0 Å². The number of nitrogens with zero attached hydrogens (tertiary/aromatic N) is 3. The number of carbonyl (C=O) groups excluding carboxylic acids is 2. The number of hydrogen-bond donors (Lipinski definition) is 2. The van der Waals surface area contributed by atoms with Crippen molar-refractivity contribution in [2.75, 3.05) is 29.1 Å². The van der Waals surface area contributed by atoms with Gasteiger partial charge in [0.05, 0.1) is 12.5 Å². The summed E-state index contributed by atoms with van der Waals surface area (Å²) in [7, 11) is 0. The fourth-order valence-corrected chi connectivity index (χ4v) is 3.98. The third-order valence-corrected chi connectivity index (χ3v) is 5.54. The highest BCUT2D eigenvalue weighted by atomic mass is 32.2. The van der Waals surface area contributed by atoms with Crippen molar-refractivity contribution in [3.63, 3.8) is 0 Å². The topological polar surface area (TPSA) is 95.4 Å². The number of nitrogens with one attached hydrogen (secondary N) is 1. The fraction of sp³-hybridized carbons (Fsp3) is 0.333. The largest absolute Gasteiger partial charge is 0.396 e. The highest BCUT2D eigenvalue weighted by molar-refractivity contribution is 8.01. The van der Waals surface area contributed by atoms with Crippen LogP contribution < -0.4 is 10.2 Å². The Hall–Kier alpha value is -2.04. The molecule has 3 rings (SSSR count). The Balaban J connectivity index is 1.60. The number of aliphatic hydroxyl groups excluding tert-OH is 1. The van der Waals surface area contributed by atoms with E-state index in [4.69, 9.17) is 5.11 Å². The minimum atomic E-state index is -0.505. The lowest BCUT2D eigenvalue weighted by atomic mass is 10.1. The monoisotopic (exact) mass is 382 g/mol. The van der Waals surface area contributed by atoms with E-state index >= 15 is 0 Å². The summed E-state index contributed by atoms with van der Waals surface area (Å²) in [5.74, 6) is -0.853. The van der Waals surface area contributed by atoms with Gasteiger partial charge in [0.1, 0.15) is 5.82 Å². The van der Waals surface area contributed by atoms with E-state index in [-0.39, 0.29) is 37.2 Å². The van der Waals surface area contributed by atoms with E-state index in [0.29, 0.717) is 20.9 Å². The molecule has 0 bridgehead atoms. The Morgan fingerprint density at radius 2 is 2.16 bits per heavy atom. The van der Waals surface area contributed by atoms with Crippen molar-refractivity contribution in [2.45, 2.75) is 10.8 Å². The zero-order valence-corrected chi connectivity index (χ0v) is 14.6. The zero-order valence-electron chi connectivity index (χ0n) is 13.0. The summed E-state index contributed by atoms with van der Waals surface area (Å²) >= 11 is 2.57. The maximum Gasteiger partial charge on any atom is 0.231 e. The van der Waals surface area contributed by atoms with Gasteiger partial charge in [-0.3, -0.25) is 9.59 Å². The van der Waals surface area contributed by atoms with Crippen LogP contribution in [0.15, 0.2) is 28.6 Å². The molecule has 132 valence electrons. The van der Waals surface area contributed by atoms with Crippen LogP contribution in [-0.4, -0.2) is 46.0 Å². The first kappa shape index (κ1) is 17.8. The predicted octanol–water partition coefficient (Wildman–Crippen LogP) is 1.75. The second-order valence-corrected chi connectivity index (χ2v) is 7.64. The SMILES string of the molecule is O=C(Nc1nnc(SCCO)s1)[C@@H]1CC(=O)N(c2ccc(F)cc2)C1. The molecule has 2 aromatic rings. The first-order valence-corrected chi connectivity index (χ1v) is 9.31. The van der Waals surface area contributed by atoms with Crippen molar-refractivity contribution in [1.29, 1.82) is 0 Å². The molecule has 7 nitrogen and oxygen atoms in total. The molecule has 1 aromatic heterocycles. The van der Waals surface area contributed by atoms with Gasteiger partial charge < -0.3 is 15.3 Å². The Bertz CT molecular complexity index is 768. The molecule has 2 N–H and O–H groups in total. The zero-order chi connectivity index (χ0) is 17.8. The van der Waals surface area contributed by atoms with Crippen molar-refractivity contribution < 1.29 is 19.1 Å². The van der Waals surface area contributed by atoms with Crippen LogP contribution in [-0.2, 0) is 9.59 Å². The average Bonchev–Trinajstić information content (AvgIpc) is 3.20. The number of aliphatic hydroxyl groups is 1. The molecule has 1 aliphatic heterocycles. The van der Waals surface area contributed by atoms with Crippen molar-refractivity contribution in [1.82, 2.24) is 10.2 Å². The lowest BCUT2D eigenvalue weighted by Crippen LogP contribution is -2.28. The molecule has 0 spiro atoms. The molecule has 10 heteroatoms. The van der Waals surface area contributed by atoms with Gasteiger partial charge in [-0.25, -0.2) is 4.39 Å². The van der Waals surface area contributed by atoms with Gasteiger partial charge in [-0.05, 0) is 24.3 Å². The van der Waals surface area contributed by atoms with E-state index in [2.05, 4.69) is 15.5 Å². The number of carbonyl (C=O) groups is 2. The van der Waals surface area contributed by atoms with E-state index in [1.165, 1.54) is 52.3 Å². The summed E-state index contributed by atoms with van der Waals surface area (Å²) < 4.78 is 13.7. The van der Waals surface area contributed by atoms with Gasteiger partial charge in [-0.1, -0.05) is 23.1 Å². The third kappa shape index (κ3) is 4.33. The van der Waals surface area contributed by atoms with Crippen LogP contribution in [0.1, 0.15) is 6.42 Å². The molecule has 2 heterocycles. The van der Waals surface area contributed by atoms with Gasteiger partial charge in [0.2, 0.25) is 16.9 Å². The molecule has 1 saturated heterocycles. The number of rotatable bonds is 6. The fourth-order valence-electron chi connectivity index (χ4n) is 2.41. The molecule has 1 aromatic carbocycles. The first-order chi connectivity index (χ1) is 12.1. The predicted molar refractivity (Wildman–Crippen MR) is 93.2 cm³/mol. The summed E-state index contributed by atoms with van der Waals surface area (Å²) in [5, 5.41) is 19.6. The van der Waals surface area contributed by atoms with Crippen LogP contribution in [0, 0.1) is 11.7 Å². The van der Waals surface area contributed by atoms with E-state index in [9.17, 15) is 14.0 Å². The van der Waals surface area contributed by atoms with Crippen LogP contribution in [0.25, 0.3) is 0 Å². The molecule has 1 fully saturated rings. The second kappa shape index (κ2) is 7.89. The Kier molecular flexibility index (Phi) is 5.61. The minimum Gasteiger partial charge on any atom is -0.396 e. The van der Waals surface area contributed by atoms with E-state index < -0.39 is 5.92 Å². The smallest absolute Gasteiger partial charge is 0.231 e. The lowest BCUT2D eigenvalue weighted by Gasteiger charge is -2.16. The van der Waals surface area contributed by atoms with Gasteiger partial charge in [-0.2, -0.15) is 0 Å². The maximum atomic E-state index is 13.0. The van der Waals surface area contributed by atoms with Gasteiger partial charge in [-0.15, -0.1) is 10.2 Å². The molecule has 0 radical (unpaired) electrons. The van der Waals surface area contributed by atoms with Gasteiger partial charge in [0.15, 0.2) is 4.34 Å². The molecule has 25 heavy (non-hydrogen) atoms. The highest BCUT2D eigenvalue weighted by Gasteiger charge is 2.35. The lowest BCUT2D eigenvalue weighted by molar-refractivity contribution is -0.122. The molecule has 0 unspecified atom stereocenters. The van der Waals surface area contributed by atoms with Crippen molar-refractivity contribution >= 4 is 45.7 Å². The highest BCUT2D eigenvalue weighted by Crippen LogP contribution is 2.28. The van der Waals surface area contributed by atoms with Crippen molar-refractivity contribution in [3.05, 3.63) is 30.1 Å².